The zero-order valence-corrected chi connectivity index (χ0v) is 16.4. The molecule has 4 rings (SSSR count). The lowest BCUT2D eigenvalue weighted by molar-refractivity contribution is -0.126. The van der Waals surface area contributed by atoms with Gasteiger partial charge in [-0.25, -0.2) is 0 Å². The normalized spacial score (nSPS) is 21.2. The lowest BCUT2D eigenvalue weighted by atomic mass is 10.1. The predicted octanol–water partition coefficient (Wildman–Crippen LogP) is 1.62. The summed E-state index contributed by atoms with van der Waals surface area (Å²) < 4.78 is 5.47. The Morgan fingerprint density at radius 1 is 1.17 bits per heavy atom. The number of carbonyl (C=O) groups is 2. The summed E-state index contributed by atoms with van der Waals surface area (Å²) in [5, 5.41) is 3.08. The first-order valence-electron chi connectivity index (χ1n) is 10.1. The van der Waals surface area contributed by atoms with Crippen LogP contribution < -0.4 is 10.2 Å². The summed E-state index contributed by atoms with van der Waals surface area (Å²) in [6, 6.07) is 13.5. The number of ether oxygens (including phenoxy) is 1. The number of morpholine rings is 1. The second-order valence-electron chi connectivity index (χ2n) is 7.44. The van der Waals surface area contributed by atoms with Crippen LogP contribution in [0.25, 0.3) is 0 Å². The SMILES string of the molecule is O=C(NCC(c1cccnc1)N1CCOCC1)C1CC(=O)N(c2ccccc2)C1. The highest BCUT2D eigenvalue weighted by Crippen LogP contribution is 2.25. The van der Waals surface area contributed by atoms with Crippen molar-refractivity contribution in [3.05, 3.63) is 60.4 Å². The Hall–Kier alpha value is -2.77. The fourth-order valence-corrected chi connectivity index (χ4v) is 4.00. The number of hydrogen-bond acceptors (Lipinski definition) is 5. The Morgan fingerprint density at radius 2 is 1.97 bits per heavy atom. The van der Waals surface area contributed by atoms with E-state index in [9.17, 15) is 9.59 Å². The number of anilines is 1. The summed E-state index contributed by atoms with van der Waals surface area (Å²) in [7, 11) is 0. The van der Waals surface area contributed by atoms with Crippen molar-refractivity contribution >= 4 is 17.5 Å². The van der Waals surface area contributed by atoms with E-state index in [0.29, 0.717) is 26.3 Å². The van der Waals surface area contributed by atoms with E-state index in [2.05, 4.69) is 15.2 Å². The largest absolute Gasteiger partial charge is 0.379 e. The Morgan fingerprint density at radius 3 is 2.69 bits per heavy atom. The van der Waals surface area contributed by atoms with Gasteiger partial charge in [-0.3, -0.25) is 19.5 Å². The van der Waals surface area contributed by atoms with Gasteiger partial charge in [-0.1, -0.05) is 24.3 Å². The van der Waals surface area contributed by atoms with Crippen LogP contribution in [-0.4, -0.2) is 61.1 Å². The van der Waals surface area contributed by atoms with Crippen LogP contribution in [0.4, 0.5) is 5.69 Å². The van der Waals surface area contributed by atoms with E-state index in [-0.39, 0.29) is 30.2 Å². The molecule has 3 heterocycles. The van der Waals surface area contributed by atoms with Crippen molar-refractivity contribution in [2.45, 2.75) is 12.5 Å². The zero-order valence-electron chi connectivity index (χ0n) is 16.4. The molecule has 2 aliphatic rings. The Balaban J connectivity index is 1.40. The standard InChI is InChI=1S/C22H26N4O3/c27-21-13-18(16-26(21)19-6-2-1-3-7-19)22(28)24-15-20(17-5-4-8-23-14-17)25-9-11-29-12-10-25/h1-8,14,18,20H,9-13,15-16H2,(H,24,28). The molecule has 1 aromatic carbocycles. The molecule has 0 spiro atoms. The lowest BCUT2D eigenvalue weighted by Gasteiger charge is -2.34. The Labute approximate surface area is 170 Å². The molecule has 152 valence electrons. The van der Waals surface area contributed by atoms with E-state index < -0.39 is 0 Å². The van der Waals surface area contributed by atoms with Gasteiger partial charge in [0, 0.05) is 50.7 Å². The smallest absolute Gasteiger partial charge is 0.227 e. The molecule has 0 bridgehead atoms. The third-order valence-corrected chi connectivity index (χ3v) is 5.59. The summed E-state index contributed by atoms with van der Waals surface area (Å²) in [6.07, 6.45) is 3.85. The molecule has 29 heavy (non-hydrogen) atoms. The molecule has 0 aliphatic carbocycles. The average Bonchev–Trinajstić information content (AvgIpc) is 3.18. The molecule has 2 saturated heterocycles. The number of hydrogen-bond donors (Lipinski definition) is 1. The van der Waals surface area contributed by atoms with Gasteiger partial charge in [0.1, 0.15) is 0 Å². The maximum absolute atomic E-state index is 12.8. The number of nitrogens with zero attached hydrogens (tertiary/aromatic N) is 3. The number of aromatic nitrogens is 1. The summed E-state index contributed by atoms with van der Waals surface area (Å²) in [6.45, 7) is 3.92. The molecule has 2 aliphatic heterocycles. The zero-order chi connectivity index (χ0) is 20.1. The van der Waals surface area contributed by atoms with Crippen LogP contribution in [-0.2, 0) is 14.3 Å². The van der Waals surface area contributed by atoms with Gasteiger partial charge in [-0.2, -0.15) is 0 Å². The highest BCUT2D eigenvalue weighted by atomic mass is 16.5. The number of pyridine rings is 1. The van der Waals surface area contributed by atoms with Crippen LogP contribution in [0.1, 0.15) is 18.0 Å². The van der Waals surface area contributed by atoms with E-state index in [1.807, 2.05) is 48.7 Å². The lowest BCUT2D eigenvalue weighted by Crippen LogP contribution is -2.45. The third-order valence-electron chi connectivity index (χ3n) is 5.59. The predicted molar refractivity (Wildman–Crippen MR) is 109 cm³/mol. The number of rotatable bonds is 6. The highest BCUT2D eigenvalue weighted by Gasteiger charge is 2.35. The van der Waals surface area contributed by atoms with Gasteiger partial charge >= 0.3 is 0 Å². The minimum Gasteiger partial charge on any atom is -0.379 e. The highest BCUT2D eigenvalue weighted by molar-refractivity contribution is 6.00. The number of benzene rings is 1. The minimum absolute atomic E-state index is 0.00617. The van der Waals surface area contributed by atoms with E-state index in [4.69, 9.17) is 4.74 Å². The Kier molecular flexibility index (Phi) is 6.17. The van der Waals surface area contributed by atoms with Crippen molar-refractivity contribution in [2.75, 3.05) is 44.3 Å². The van der Waals surface area contributed by atoms with Gasteiger partial charge in [0.25, 0.3) is 0 Å². The molecule has 7 nitrogen and oxygen atoms in total. The molecular formula is C22H26N4O3. The van der Waals surface area contributed by atoms with Gasteiger partial charge in [-0.05, 0) is 23.8 Å². The summed E-state index contributed by atoms with van der Waals surface area (Å²) >= 11 is 0. The van der Waals surface area contributed by atoms with E-state index >= 15 is 0 Å². The number of amides is 2. The molecule has 1 aromatic heterocycles. The first kappa shape index (κ1) is 19.5. The van der Waals surface area contributed by atoms with Gasteiger partial charge in [0.2, 0.25) is 11.8 Å². The maximum Gasteiger partial charge on any atom is 0.227 e. The Bertz CT molecular complexity index is 824. The maximum atomic E-state index is 12.8. The summed E-state index contributed by atoms with van der Waals surface area (Å²) in [4.78, 5) is 33.5. The molecular weight excluding hydrogens is 368 g/mol. The van der Waals surface area contributed by atoms with E-state index in [1.165, 1.54) is 0 Å². The first-order valence-corrected chi connectivity index (χ1v) is 10.1. The van der Waals surface area contributed by atoms with Crippen LogP contribution in [0.2, 0.25) is 0 Å². The van der Waals surface area contributed by atoms with Crippen molar-refractivity contribution in [1.82, 2.24) is 15.2 Å². The van der Waals surface area contributed by atoms with Crippen molar-refractivity contribution < 1.29 is 14.3 Å². The van der Waals surface area contributed by atoms with Crippen LogP contribution in [0.5, 0.6) is 0 Å². The molecule has 2 atom stereocenters. The minimum atomic E-state index is -0.332. The molecule has 0 saturated carbocycles. The molecule has 2 amide bonds. The molecule has 2 aromatic rings. The van der Waals surface area contributed by atoms with Gasteiger partial charge in [0.15, 0.2) is 0 Å². The molecule has 7 heteroatoms. The molecule has 0 radical (unpaired) electrons. The number of nitrogens with one attached hydrogen (secondary N) is 1. The van der Waals surface area contributed by atoms with Gasteiger partial charge in [-0.15, -0.1) is 0 Å². The van der Waals surface area contributed by atoms with E-state index in [1.54, 1.807) is 11.1 Å². The quantitative estimate of drug-likeness (QED) is 0.806. The van der Waals surface area contributed by atoms with Gasteiger partial charge < -0.3 is 15.0 Å². The molecule has 2 unspecified atom stereocenters. The second-order valence-corrected chi connectivity index (χ2v) is 7.44. The monoisotopic (exact) mass is 394 g/mol. The molecule has 2 fully saturated rings. The number of para-hydroxylation sites is 1. The molecule has 1 N–H and O–H groups in total. The van der Waals surface area contributed by atoms with Gasteiger partial charge in [0.05, 0.1) is 25.2 Å². The third kappa shape index (κ3) is 4.63. The summed E-state index contributed by atoms with van der Waals surface area (Å²) in [5.74, 6) is -0.408. The van der Waals surface area contributed by atoms with Crippen LogP contribution in [0.15, 0.2) is 54.9 Å². The van der Waals surface area contributed by atoms with Crippen LogP contribution in [0.3, 0.4) is 0 Å². The fraction of sp³-hybridized carbons (Fsp3) is 0.409. The van der Waals surface area contributed by atoms with Crippen molar-refractivity contribution in [3.63, 3.8) is 0 Å². The fourth-order valence-electron chi connectivity index (χ4n) is 4.00. The average molecular weight is 394 g/mol. The van der Waals surface area contributed by atoms with Crippen molar-refractivity contribution in [2.24, 2.45) is 5.92 Å². The summed E-state index contributed by atoms with van der Waals surface area (Å²) in [5.41, 5.74) is 1.91. The van der Waals surface area contributed by atoms with Crippen molar-refractivity contribution in [3.8, 4) is 0 Å². The second kappa shape index (κ2) is 9.15. The first-order chi connectivity index (χ1) is 14.2. The van der Waals surface area contributed by atoms with Crippen LogP contribution in [0, 0.1) is 5.92 Å². The topological polar surface area (TPSA) is 74.8 Å². The van der Waals surface area contributed by atoms with Crippen molar-refractivity contribution in [1.29, 1.82) is 0 Å². The van der Waals surface area contributed by atoms with E-state index in [0.717, 1.165) is 24.3 Å². The van der Waals surface area contributed by atoms with Crippen LogP contribution >= 0.6 is 0 Å². The number of carbonyl (C=O) groups excluding carboxylic acids is 2.